The van der Waals surface area contributed by atoms with Gasteiger partial charge in [-0.1, -0.05) is 18.2 Å². The van der Waals surface area contributed by atoms with E-state index >= 15 is 0 Å². The number of rotatable bonds is 6. The van der Waals surface area contributed by atoms with E-state index in [1.165, 1.54) is 25.5 Å². The molecule has 0 bridgehead atoms. The average molecular weight is 281 g/mol. The summed E-state index contributed by atoms with van der Waals surface area (Å²) in [5.74, 6) is 0.582. The van der Waals surface area contributed by atoms with Gasteiger partial charge in [0.15, 0.2) is 0 Å². The van der Waals surface area contributed by atoms with Crippen LogP contribution in [0.4, 0.5) is 0 Å². The zero-order valence-electron chi connectivity index (χ0n) is 10.4. The van der Waals surface area contributed by atoms with Crippen molar-refractivity contribution in [3.8, 4) is 0 Å². The third-order valence-electron chi connectivity index (χ3n) is 2.66. The Morgan fingerprint density at radius 3 is 2.53 bits per heavy atom. The van der Waals surface area contributed by atoms with Crippen LogP contribution in [0.1, 0.15) is 11.9 Å². The molecule has 0 spiro atoms. The van der Waals surface area contributed by atoms with Crippen molar-refractivity contribution in [3.63, 3.8) is 0 Å². The first-order chi connectivity index (χ1) is 9.13. The van der Waals surface area contributed by atoms with Gasteiger partial charge in [-0.15, -0.1) is 0 Å². The van der Waals surface area contributed by atoms with Crippen molar-refractivity contribution in [2.45, 2.75) is 11.0 Å². The minimum absolute atomic E-state index is 0.112. The van der Waals surface area contributed by atoms with Crippen LogP contribution < -0.4 is 4.72 Å². The van der Waals surface area contributed by atoms with Gasteiger partial charge in [0.25, 0.3) is 0 Å². The van der Waals surface area contributed by atoms with Crippen molar-refractivity contribution in [1.82, 2.24) is 4.72 Å². The Morgan fingerprint density at radius 1 is 1.21 bits per heavy atom. The van der Waals surface area contributed by atoms with E-state index in [1.54, 1.807) is 30.3 Å². The van der Waals surface area contributed by atoms with E-state index < -0.39 is 16.1 Å². The number of hydrogen-bond donors (Lipinski definition) is 1. The smallest absolute Gasteiger partial charge is 0.240 e. The zero-order valence-corrected chi connectivity index (χ0v) is 11.3. The molecular weight excluding hydrogens is 266 g/mol. The van der Waals surface area contributed by atoms with Crippen LogP contribution in [0.15, 0.2) is 58.0 Å². The lowest BCUT2D eigenvalue weighted by atomic mass is 10.3. The van der Waals surface area contributed by atoms with Crippen LogP contribution in [0, 0.1) is 0 Å². The summed E-state index contributed by atoms with van der Waals surface area (Å²) in [5.41, 5.74) is 0. The van der Waals surface area contributed by atoms with E-state index in [2.05, 4.69) is 4.72 Å². The van der Waals surface area contributed by atoms with Gasteiger partial charge in [-0.05, 0) is 24.3 Å². The van der Waals surface area contributed by atoms with Crippen LogP contribution in [0.5, 0.6) is 0 Å². The number of furan rings is 1. The maximum atomic E-state index is 12.0. The van der Waals surface area contributed by atoms with E-state index in [0.717, 1.165) is 0 Å². The molecule has 1 atom stereocenters. The number of sulfonamides is 1. The number of benzene rings is 1. The van der Waals surface area contributed by atoms with E-state index in [1.807, 2.05) is 0 Å². The summed E-state index contributed by atoms with van der Waals surface area (Å²) in [7, 11) is -2.02. The van der Waals surface area contributed by atoms with E-state index in [9.17, 15) is 8.42 Å². The fourth-order valence-electron chi connectivity index (χ4n) is 1.64. The molecule has 1 heterocycles. The summed E-state index contributed by atoms with van der Waals surface area (Å²) >= 11 is 0. The van der Waals surface area contributed by atoms with Gasteiger partial charge in [-0.3, -0.25) is 0 Å². The fraction of sp³-hybridized carbons (Fsp3) is 0.231. The van der Waals surface area contributed by atoms with Crippen molar-refractivity contribution >= 4 is 10.0 Å². The summed E-state index contributed by atoms with van der Waals surface area (Å²) in [6, 6.07) is 11.7. The van der Waals surface area contributed by atoms with Crippen molar-refractivity contribution < 1.29 is 17.6 Å². The molecule has 0 amide bonds. The molecule has 5 nitrogen and oxygen atoms in total. The van der Waals surface area contributed by atoms with Gasteiger partial charge < -0.3 is 9.15 Å². The molecule has 2 aromatic rings. The highest BCUT2D eigenvalue weighted by Crippen LogP contribution is 2.17. The van der Waals surface area contributed by atoms with Crippen molar-refractivity contribution in [3.05, 3.63) is 54.5 Å². The quantitative estimate of drug-likeness (QED) is 0.878. The Labute approximate surface area is 112 Å². The third-order valence-corrected chi connectivity index (χ3v) is 4.10. The van der Waals surface area contributed by atoms with Crippen LogP contribution in [0.3, 0.4) is 0 Å². The second kappa shape index (κ2) is 6.01. The van der Waals surface area contributed by atoms with Crippen LogP contribution in [-0.2, 0) is 14.8 Å². The van der Waals surface area contributed by atoms with Gasteiger partial charge in [0.1, 0.15) is 11.9 Å². The molecule has 1 aromatic carbocycles. The monoisotopic (exact) mass is 281 g/mol. The molecule has 19 heavy (non-hydrogen) atoms. The highest BCUT2D eigenvalue weighted by atomic mass is 32.2. The van der Waals surface area contributed by atoms with Gasteiger partial charge in [-0.2, -0.15) is 0 Å². The summed E-state index contributed by atoms with van der Waals surface area (Å²) in [4.78, 5) is 0.226. The topological polar surface area (TPSA) is 68.5 Å². The SMILES string of the molecule is CO[C@H](CNS(=O)(=O)c1ccccc1)c1ccco1. The predicted octanol–water partition coefficient (Wildman–Crippen LogP) is 1.95. The first-order valence-electron chi connectivity index (χ1n) is 5.74. The van der Waals surface area contributed by atoms with Crippen LogP contribution in [0.25, 0.3) is 0 Å². The van der Waals surface area contributed by atoms with E-state index in [4.69, 9.17) is 9.15 Å². The van der Waals surface area contributed by atoms with Gasteiger partial charge in [0.2, 0.25) is 10.0 Å². The van der Waals surface area contributed by atoms with Gasteiger partial charge in [-0.25, -0.2) is 13.1 Å². The molecule has 0 fully saturated rings. The normalized spacial score (nSPS) is 13.3. The van der Waals surface area contributed by atoms with Gasteiger partial charge in [0.05, 0.1) is 11.2 Å². The molecule has 0 aliphatic carbocycles. The van der Waals surface area contributed by atoms with Gasteiger partial charge >= 0.3 is 0 Å². The number of hydrogen-bond acceptors (Lipinski definition) is 4. The fourth-order valence-corrected chi connectivity index (χ4v) is 2.70. The van der Waals surface area contributed by atoms with E-state index in [0.29, 0.717) is 5.76 Å². The Kier molecular flexibility index (Phi) is 4.36. The first kappa shape index (κ1) is 13.8. The average Bonchev–Trinajstić information content (AvgIpc) is 2.94. The molecule has 102 valence electrons. The lowest BCUT2D eigenvalue weighted by Crippen LogP contribution is -2.29. The zero-order chi connectivity index (χ0) is 13.7. The second-order valence-electron chi connectivity index (χ2n) is 3.90. The lowest BCUT2D eigenvalue weighted by molar-refractivity contribution is 0.0878. The molecule has 0 saturated carbocycles. The Bertz CT molecular complexity index is 593. The molecule has 6 heteroatoms. The molecule has 0 saturated heterocycles. The molecule has 0 unspecified atom stereocenters. The third kappa shape index (κ3) is 3.44. The summed E-state index contributed by atoms with van der Waals surface area (Å²) in [6.45, 7) is 0.112. The number of ether oxygens (including phenoxy) is 1. The standard InChI is InChI=1S/C13H15NO4S/c1-17-13(12-8-5-9-18-12)10-14-19(15,16)11-6-3-2-4-7-11/h2-9,13-14H,10H2,1H3/t13-/m1/s1. The summed E-state index contributed by atoms with van der Waals surface area (Å²) in [6.07, 6.45) is 1.07. The highest BCUT2D eigenvalue weighted by molar-refractivity contribution is 7.89. The Balaban J connectivity index is 2.06. The van der Waals surface area contributed by atoms with Crippen LogP contribution in [-0.4, -0.2) is 22.1 Å². The Hall–Kier alpha value is -1.63. The molecule has 0 radical (unpaired) electrons. The molecule has 0 aliphatic heterocycles. The van der Waals surface area contributed by atoms with Crippen molar-refractivity contribution in [2.24, 2.45) is 0 Å². The molecule has 1 N–H and O–H groups in total. The molecule has 0 aliphatic rings. The molecule has 1 aromatic heterocycles. The Morgan fingerprint density at radius 2 is 1.95 bits per heavy atom. The minimum atomic E-state index is -3.53. The largest absolute Gasteiger partial charge is 0.467 e. The van der Waals surface area contributed by atoms with Gasteiger partial charge in [0, 0.05) is 13.7 Å². The summed E-state index contributed by atoms with van der Waals surface area (Å²) < 4.78 is 37.0. The van der Waals surface area contributed by atoms with E-state index in [-0.39, 0.29) is 11.4 Å². The number of nitrogens with one attached hydrogen (secondary N) is 1. The maximum Gasteiger partial charge on any atom is 0.240 e. The summed E-state index contributed by atoms with van der Waals surface area (Å²) in [5, 5.41) is 0. The molecular formula is C13H15NO4S. The highest BCUT2D eigenvalue weighted by Gasteiger charge is 2.19. The molecule has 2 rings (SSSR count). The predicted molar refractivity (Wildman–Crippen MR) is 70.1 cm³/mol. The first-order valence-corrected chi connectivity index (χ1v) is 7.23. The van der Waals surface area contributed by atoms with Crippen molar-refractivity contribution in [2.75, 3.05) is 13.7 Å². The van der Waals surface area contributed by atoms with Crippen LogP contribution >= 0.6 is 0 Å². The van der Waals surface area contributed by atoms with Crippen LogP contribution in [0.2, 0.25) is 0 Å². The second-order valence-corrected chi connectivity index (χ2v) is 5.67. The minimum Gasteiger partial charge on any atom is -0.467 e. The maximum absolute atomic E-state index is 12.0. The van der Waals surface area contributed by atoms with Crippen molar-refractivity contribution in [1.29, 1.82) is 0 Å². The lowest BCUT2D eigenvalue weighted by Gasteiger charge is -2.14. The number of methoxy groups -OCH3 is 1.